The first kappa shape index (κ1) is 22.1. The Kier molecular flexibility index (Phi) is 5.58. The van der Waals surface area contributed by atoms with Gasteiger partial charge in [-0.25, -0.2) is 14.8 Å². The molecule has 4 heterocycles. The Hall–Kier alpha value is -3.13. The molecule has 8 heteroatoms. The van der Waals surface area contributed by atoms with E-state index in [1.54, 1.807) is 24.9 Å². The van der Waals surface area contributed by atoms with Crippen molar-refractivity contribution >= 4 is 17.6 Å². The van der Waals surface area contributed by atoms with Crippen LogP contribution in [0.1, 0.15) is 46.6 Å². The summed E-state index contributed by atoms with van der Waals surface area (Å²) in [5.41, 5.74) is 1.79. The lowest BCUT2D eigenvalue weighted by atomic mass is 10.00. The van der Waals surface area contributed by atoms with E-state index >= 15 is 0 Å². The number of rotatable bonds is 4. The van der Waals surface area contributed by atoms with E-state index in [0.717, 1.165) is 34.8 Å². The van der Waals surface area contributed by atoms with Crippen molar-refractivity contribution in [2.75, 3.05) is 18.4 Å². The third-order valence-electron chi connectivity index (χ3n) is 5.42. The summed E-state index contributed by atoms with van der Waals surface area (Å²) in [5, 5.41) is 13.7. The Morgan fingerprint density at radius 3 is 2.72 bits per heavy atom. The Labute approximate surface area is 188 Å². The highest BCUT2D eigenvalue weighted by Crippen LogP contribution is 2.25. The summed E-state index contributed by atoms with van der Waals surface area (Å²) in [6.45, 7) is 10.4. The molecule has 1 unspecified atom stereocenters. The third-order valence-corrected chi connectivity index (χ3v) is 5.42. The number of aromatic nitrogens is 3. The maximum absolute atomic E-state index is 12.3. The van der Waals surface area contributed by atoms with Crippen LogP contribution in [-0.4, -0.2) is 55.2 Å². The van der Waals surface area contributed by atoms with E-state index < -0.39 is 11.2 Å². The summed E-state index contributed by atoms with van der Waals surface area (Å²) in [5.74, 6) is 0.751. The predicted molar refractivity (Wildman–Crippen MR) is 124 cm³/mol. The summed E-state index contributed by atoms with van der Waals surface area (Å²) in [4.78, 5) is 23.3. The fraction of sp³-hybridized carbons (Fsp3) is 0.458. The van der Waals surface area contributed by atoms with E-state index in [4.69, 9.17) is 9.72 Å². The molecule has 1 atom stereocenters. The highest BCUT2D eigenvalue weighted by molar-refractivity contribution is 5.69. The van der Waals surface area contributed by atoms with Crippen molar-refractivity contribution in [3.05, 3.63) is 48.3 Å². The van der Waals surface area contributed by atoms with Crippen LogP contribution < -0.4 is 5.32 Å². The summed E-state index contributed by atoms with van der Waals surface area (Å²) in [6, 6.07) is 9.71. The number of nitrogens with one attached hydrogen (secondary N) is 1. The zero-order valence-electron chi connectivity index (χ0n) is 19.3. The predicted octanol–water partition coefficient (Wildman–Crippen LogP) is 4.05. The number of carbonyl (C=O) groups is 1. The highest BCUT2D eigenvalue weighted by Gasteiger charge is 2.30. The number of pyridine rings is 2. The Morgan fingerprint density at radius 1 is 1.22 bits per heavy atom. The van der Waals surface area contributed by atoms with Crippen LogP contribution in [-0.2, 0) is 10.3 Å². The van der Waals surface area contributed by atoms with Gasteiger partial charge in [-0.05, 0) is 70.9 Å². The van der Waals surface area contributed by atoms with Gasteiger partial charge in [-0.1, -0.05) is 6.07 Å². The van der Waals surface area contributed by atoms with Gasteiger partial charge in [-0.3, -0.25) is 4.40 Å². The number of amides is 1. The lowest BCUT2D eigenvalue weighted by molar-refractivity contribution is 0.0293. The second-order valence-electron chi connectivity index (χ2n) is 9.81. The molecule has 0 radical (unpaired) electrons. The minimum absolute atomic E-state index is 0.113. The second kappa shape index (κ2) is 8.09. The third kappa shape index (κ3) is 4.85. The molecule has 0 spiro atoms. The van der Waals surface area contributed by atoms with Crippen molar-refractivity contribution in [3.63, 3.8) is 0 Å². The molecular weight excluding hydrogens is 406 g/mol. The fourth-order valence-corrected chi connectivity index (χ4v) is 3.79. The minimum Gasteiger partial charge on any atom is -0.444 e. The molecule has 3 aromatic heterocycles. The first-order valence-electron chi connectivity index (χ1n) is 10.9. The van der Waals surface area contributed by atoms with Crippen LogP contribution in [0.15, 0.2) is 42.7 Å². The number of hydrogen-bond donors (Lipinski definition) is 2. The van der Waals surface area contributed by atoms with Crippen LogP contribution in [0, 0.1) is 0 Å². The SMILES string of the molecule is CC(C)(C)OC(=O)N1CCC(Nc2cccc(-c3cnc4cc(C(C)(C)O)ccn34)n2)C1. The van der Waals surface area contributed by atoms with Gasteiger partial charge in [0.2, 0.25) is 0 Å². The first-order chi connectivity index (χ1) is 15.0. The lowest BCUT2D eigenvalue weighted by Crippen LogP contribution is -2.36. The van der Waals surface area contributed by atoms with Gasteiger partial charge in [-0.15, -0.1) is 0 Å². The maximum atomic E-state index is 12.3. The highest BCUT2D eigenvalue weighted by atomic mass is 16.6. The van der Waals surface area contributed by atoms with Crippen LogP contribution in [0.5, 0.6) is 0 Å². The molecule has 0 aliphatic carbocycles. The zero-order valence-corrected chi connectivity index (χ0v) is 19.3. The Balaban J connectivity index is 1.48. The van der Waals surface area contributed by atoms with E-state index in [1.165, 1.54) is 0 Å². The number of imidazole rings is 1. The standard InChI is InChI=1S/C24H31N5O3/c1-23(2,3)32-22(30)28-11-10-17(15-28)26-20-8-6-7-18(27-20)19-14-25-21-13-16(24(4,5)31)9-12-29(19)21/h6-9,12-14,17,31H,10-11,15H2,1-5H3,(H,26,27). The van der Waals surface area contributed by atoms with Crippen molar-refractivity contribution in [3.8, 4) is 11.4 Å². The quantitative estimate of drug-likeness (QED) is 0.640. The number of fused-ring (bicyclic) bond motifs is 1. The van der Waals surface area contributed by atoms with Gasteiger partial charge in [0.15, 0.2) is 0 Å². The topological polar surface area (TPSA) is 92.0 Å². The number of carbonyl (C=O) groups excluding carboxylic acids is 1. The normalized spacial score (nSPS) is 17.1. The molecule has 0 bridgehead atoms. The van der Waals surface area contributed by atoms with Crippen LogP contribution in [0.25, 0.3) is 17.0 Å². The average Bonchev–Trinajstić information content (AvgIpc) is 3.32. The fourth-order valence-electron chi connectivity index (χ4n) is 3.79. The largest absolute Gasteiger partial charge is 0.444 e. The maximum Gasteiger partial charge on any atom is 0.410 e. The molecule has 32 heavy (non-hydrogen) atoms. The van der Waals surface area contributed by atoms with Crippen LogP contribution in [0.2, 0.25) is 0 Å². The molecule has 1 aliphatic rings. The van der Waals surface area contributed by atoms with Gasteiger partial charge in [-0.2, -0.15) is 0 Å². The number of hydrogen-bond acceptors (Lipinski definition) is 6. The molecule has 2 N–H and O–H groups in total. The summed E-state index contributed by atoms with van der Waals surface area (Å²) in [6.07, 6.45) is 4.25. The van der Waals surface area contributed by atoms with Gasteiger partial charge >= 0.3 is 6.09 Å². The van der Waals surface area contributed by atoms with Crippen LogP contribution in [0.4, 0.5) is 10.6 Å². The molecule has 1 amide bonds. The van der Waals surface area contributed by atoms with E-state index in [9.17, 15) is 9.90 Å². The van der Waals surface area contributed by atoms with Crippen molar-refractivity contribution in [2.45, 2.75) is 58.3 Å². The van der Waals surface area contributed by atoms with Gasteiger partial charge in [0, 0.05) is 25.3 Å². The average molecular weight is 438 g/mol. The van der Waals surface area contributed by atoms with Crippen molar-refractivity contribution in [1.82, 2.24) is 19.3 Å². The van der Waals surface area contributed by atoms with Crippen LogP contribution >= 0.6 is 0 Å². The first-order valence-corrected chi connectivity index (χ1v) is 10.9. The van der Waals surface area contributed by atoms with Gasteiger partial charge in [0.05, 0.1) is 23.2 Å². The lowest BCUT2D eigenvalue weighted by Gasteiger charge is -2.24. The molecular formula is C24H31N5O3. The van der Waals surface area contributed by atoms with E-state index in [1.807, 2.05) is 61.7 Å². The number of ether oxygens (including phenoxy) is 1. The second-order valence-corrected chi connectivity index (χ2v) is 9.81. The Bertz CT molecular complexity index is 1130. The number of aliphatic hydroxyl groups is 1. The molecule has 0 saturated carbocycles. The number of nitrogens with zero attached hydrogens (tertiary/aromatic N) is 4. The summed E-state index contributed by atoms with van der Waals surface area (Å²) < 4.78 is 7.44. The molecule has 1 fully saturated rings. The molecule has 4 rings (SSSR count). The Morgan fingerprint density at radius 2 is 2.00 bits per heavy atom. The zero-order chi connectivity index (χ0) is 23.1. The number of likely N-dealkylation sites (tertiary alicyclic amines) is 1. The van der Waals surface area contributed by atoms with Gasteiger partial charge < -0.3 is 20.1 Å². The summed E-state index contributed by atoms with van der Waals surface area (Å²) in [7, 11) is 0. The smallest absolute Gasteiger partial charge is 0.410 e. The summed E-state index contributed by atoms with van der Waals surface area (Å²) >= 11 is 0. The minimum atomic E-state index is -0.926. The van der Waals surface area contributed by atoms with Gasteiger partial charge in [0.1, 0.15) is 17.1 Å². The molecule has 8 nitrogen and oxygen atoms in total. The van der Waals surface area contributed by atoms with Crippen LogP contribution in [0.3, 0.4) is 0 Å². The van der Waals surface area contributed by atoms with E-state index in [2.05, 4.69) is 10.3 Å². The molecule has 1 aliphatic heterocycles. The molecule has 170 valence electrons. The number of anilines is 1. The van der Waals surface area contributed by atoms with Crippen molar-refractivity contribution in [1.29, 1.82) is 0 Å². The van der Waals surface area contributed by atoms with Crippen molar-refractivity contribution < 1.29 is 14.6 Å². The molecule has 1 saturated heterocycles. The van der Waals surface area contributed by atoms with E-state index in [-0.39, 0.29) is 12.1 Å². The molecule has 0 aromatic carbocycles. The van der Waals surface area contributed by atoms with E-state index in [0.29, 0.717) is 13.1 Å². The monoisotopic (exact) mass is 437 g/mol. The van der Waals surface area contributed by atoms with Gasteiger partial charge in [0.25, 0.3) is 0 Å². The molecule has 3 aromatic rings. The van der Waals surface area contributed by atoms with Crippen molar-refractivity contribution in [2.24, 2.45) is 0 Å².